The van der Waals surface area contributed by atoms with Crippen LogP contribution in [-0.4, -0.2) is 60.5 Å². The van der Waals surface area contributed by atoms with E-state index in [0.29, 0.717) is 13.1 Å². The van der Waals surface area contributed by atoms with Crippen LogP contribution in [0.3, 0.4) is 0 Å². The van der Waals surface area contributed by atoms with E-state index >= 15 is 0 Å². The van der Waals surface area contributed by atoms with E-state index in [9.17, 15) is 4.79 Å². The van der Waals surface area contributed by atoms with Gasteiger partial charge in [-0.3, -0.25) is 0 Å². The number of aromatic nitrogens is 1. The van der Waals surface area contributed by atoms with E-state index < -0.39 is 0 Å². The smallest absolute Gasteiger partial charge is 0.409 e. The first-order valence-electron chi connectivity index (χ1n) is 6.00. The second-order valence-electron chi connectivity index (χ2n) is 4.00. The largest absolute Gasteiger partial charge is 0.447 e. The van der Waals surface area contributed by atoms with Crippen molar-refractivity contribution in [2.45, 2.75) is 0 Å². The lowest BCUT2D eigenvalue weighted by atomic mass is 10.3. The van der Waals surface area contributed by atoms with Crippen LogP contribution >= 0.6 is 0 Å². The van der Waals surface area contributed by atoms with Crippen molar-refractivity contribution >= 4 is 11.9 Å². The highest BCUT2D eigenvalue weighted by Crippen LogP contribution is 2.12. The third-order valence-corrected chi connectivity index (χ3v) is 2.83. The number of hydrogen-bond acceptors (Lipinski definition) is 5. The van der Waals surface area contributed by atoms with E-state index in [4.69, 9.17) is 9.84 Å². The summed E-state index contributed by atoms with van der Waals surface area (Å²) in [4.78, 5) is 19.6. The van der Waals surface area contributed by atoms with Gasteiger partial charge >= 0.3 is 6.09 Å². The Hall–Kier alpha value is -1.82. The van der Waals surface area contributed by atoms with E-state index in [0.717, 1.165) is 18.9 Å². The standard InChI is InChI=1S/C12H17N3O3/c16-9-10-18-12(17)15-7-5-14(6-8-15)11-3-1-2-4-13-11/h1-4,16H,5-10H2. The van der Waals surface area contributed by atoms with Gasteiger partial charge in [0.2, 0.25) is 0 Å². The molecule has 1 amide bonds. The van der Waals surface area contributed by atoms with Crippen molar-refractivity contribution in [3.05, 3.63) is 24.4 Å². The molecule has 0 spiro atoms. The Labute approximate surface area is 106 Å². The van der Waals surface area contributed by atoms with Gasteiger partial charge in [-0.15, -0.1) is 0 Å². The highest BCUT2D eigenvalue weighted by molar-refractivity contribution is 5.68. The molecule has 2 rings (SSSR count). The molecule has 2 heterocycles. The summed E-state index contributed by atoms with van der Waals surface area (Å²) < 4.78 is 4.87. The molecular formula is C12H17N3O3. The number of amides is 1. The minimum absolute atomic E-state index is 0.0548. The predicted octanol–water partition coefficient (Wildman–Crippen LogP) is 0.333. The number of carbonyl (C=O) groups is 1. The van der Waals surface area contributed by atoms with E-state index in [2.05, 4.69) is 9.88 Å². The van der Waals surface area contributed by atoms with E-state index in [-0.39, 0.29) is 19.3 Å². The SMILES string of the molecule is O=C(OCCO)N1CCN(c2ccccn2)CC1. The first kappa shape index (κ1) is 12.6. The maximum Gasteiger partial charge on any atom is 0.409 e. The van der Waals surface area contributed by atoms with Gasteiger partial charge in [-0.25, -0.2) is 9.78 Å². The highest BCUT2D eigenvalue weighted by Gasteiger charge is 2.22. The minimum Gasteiger partial charge on any atom is -0.447 e. The van der Waals surface area contributed by atoms with Crippen LogP contribution in [0, 0.1) is 0 Å². The molecule has 0 radical (unpaired) electrons. The number of hydrogen-bond donors (Lipinski definition) is 1. The summed E-state index contributed by atoms with van der Waals surface area (Å²) in [5.74, 6) is 0.931. The van der Waals surface area contributed by atoms with Gasteiger partial charge in [-0.05, 0) is 12.1 Å². The van der Waals surface area contributed by atoms with Gasteiger partial charge in [0.25, 0.3) is 0 Å². The molecule has 1 aromatic heterocycles. The minimum atomic E-state index is -0.357. The van der Waals surface area contributed by atoms with Crippen LogP contribution in [0.5, 0.6) is 0 Å². The van der Waals surface area contributed by atoms with E-state index in [1.54, 1.807) is 11.1 Å². The Balaban J connectivity index is 1.83. The van der Waals surface area contributed by atoms with Crippen molar-refractivity contribution in [1.82, 2.24) is 9.88 Å². The van der Waals surface area contributed by atoms with E-state index in [1.807, 2.05) is 18.2 Å². The van der Waals surface area contributed by atoms with Crippen molar-refractivity contribution in [3.63, 3.8) is 0 Å². The van der Waals surface area contributed by atoms with Crippen LogP contribution in [0.2, 0.25) is 0 Å². The fourth-order valence-corrected chi connectivity index (χ4v) is 1.88. The fraction of sp³-hybridized carbons (Fsp3) is 0.500. The van der Waals surface area contributed by atoms with E-state index in [1.165, 1.54) is 0 Å². The number of ether oxygens (including phenoxy) is 1. The zero-order valence-corrected chi connectivity index (χ0v) is 10.2. The molecular weight excluding hydrogens is 234 g/mol. The topological polar surface area (TPSA) is 65.9 Å². The third-order valence-electron chi connectivity index (χ3n) is 2.83. The molecule has 0 bridgehead atoms. The number of carbonyl (C=O) groups excluding carboxylic acids is 1. The average molecular weight is 251 g/mol. The van der Waals surface area contributed by atoms with Gasteiger partial charge in [0.1, 0.15) is 12.4 Å². The predicted molar refractivity (Wildman–Crippen MR) is 66.5 cm³/mol. The van der Waals surface area contributed by atoms with Gasteiger partial charge in [0, 0.05) is 32.4 Å². The summed E-state index contributed by atoms with van der Waals surface area (Å²) in [6.07, 6.45) is 1.40. The lowest BCUT2D eigenvalue weighted by molar-refractivity contribution is 0.0825. The second-order valence-corrected chi connectivity index (χ2v) is 4.00. The Kier molecular flexibility index (Phi) is 4.35. The molecule has 0 atom stereocenters. The summed E-state index contributed by atoms with van der Waals surface area (Å²) >= 11 is 0. The van der Waals surface area contributed by atoms with Crippen LogP contribution in [0.15, 0.2) is 24.4 Å². The van der Waals surface area contributed by atoms with Crippen LogP contribution in [0.25, 0.3) is 0 Å². The first-order chi connectivity index (χ1) is 8.81. The number of aliphatic hydroxyl groups is 1. The Bertz CT molecular complexity index is 377. The summed E-state index contributed by atoms with van der Waals surface area (Å²) in [5, 5.41) is 8.59. The molecule has 1 aliphatic rings. The zero-order valence-electron chi connectivity index (χ0n) is 10.2. The molecule has 98 valence electrons. The Morgan fingerprint density at radius 2 is 2.11 bits per heavy atom. The average Bonchev–Trinajstić information content (AvgIpc) is 2.46. The van der Waals surface area contributed by atoms with Gasteiger partial charge in [-0.1, -0.05) is 6.07 Å². The number of aliphatic hydroxyl groups excluding tert-OH is 1. The maximum atomic E-state index is 11.6. The number of nitrogens with zero attached hydrogens (tertiary/aromatic N) is 3. The molecule has 0 saturated carbocycles. The van der Waals surface area contributed by atoms with Crippen molar-refractivity contribution < 1.29 is 14.6 Å². The lowest BCUT2D eigenvalue weighted by Gasteiger charge is -2.34. The zero-order chi connectivity index (χ0) is 12.8. The van der Waals surface area contributed by atoms with Crippen LogP contribution in [0.1, 0.15) is 0 Å². The molecule has 1 aliphatic heterocycles. The van der Waals surface area contributed by atoms with Crippen molar-refractivity contribution in [2.75, 3.05) is 44.3 Å². The maximum absolute atomic E-state index is 11.6. The normalized spacial score (nSPS) is 15.6. The first-order valence-corrected chi connectivity index (χ1v) is 6.00. The van der Waals surface area contributed by atoms with Crippen molar-refractivity contribution in [2.24, 2.45) is 0 Å². The fourth-order valence-electron chi connectivity index (χ4n) is 1.88. The van der Waals surface area contributed by atoms with Gasteiger partial charge in [-0.2, -0.15) is 0 Å². The summed E-state index contributed by atoms with van der Waals surface area (Å²) in [6, 6.07) is 5.79. The monoisotopic (exact) mass is 251 g/mol. The van der Waals surface area contributed by atoms with Crippen LogP contribution < -0.4 is 4.90 Å². The van der Waals surface area contributed by atoms with Gasteiger partial charge in [0.15, 0.2) is 0 Å². The second kappa shape index (κ2) is 6.20. The number of rotatable bonds is 3. The molecule has 0 unspecified atom stereocenters. The molecule has 0 aliphatic carbocycles. The molecule has 1 saturated heterocycles. The summed E-state index contributed by atoms with van der Waals surface area (Å²) in [6.45, 7) is 2.62. The van der Waals surface area contributed by atoms with Gasteiger partial charge < -0.3 is 19.6 Å². The lowest BCUT2D eigenvalue weighted by Crippen LogP contribution is -2.49. The number of anilines is 1. The van der Waals surface area contributed by atoms with Crippen molar-refractivity contribution in [3.8, 4) is 0 Å². The molecule has 1 aromatic rings. The Morgan fingerprint density at radius 1 is 1.33 bits per heavy atom. The molecule has 1 N–H and O–H groups in total. The van der Waals surface area contributed by atoms with Gasteiger partial charge in [0.05, 0.1) is 6.61 Å². The summed E-state index contributed by atoms with van der Waals surface area (Å²) in [7, 11) is 0. The highest BCUT2D eigenvalue weighted by atomic mass is 16.6. The third kappa shape index (κ3) is 3.10. The molecule has 18 heavy (non-hydrogen) atoms. The van der Waals surface area contributed by atoms with Crippen molar-refractivity contribution in [1.29, 1.82) is 0 Å². The Morgan fingerprint density at radius 3 is 2.72 bits per heavy atom. The summed E-state index contributed by atoms with van der Waals surface area (Å²) in [5.41, 5.74) is 0. The molecule has 1 fully saturated rings. The quantitative estimate of drug-likeness (QED) is 0.838. The molecule has 6 heteroatoms. The van der Waals surface area contributed by atoms with Crippen LogP contribution in [0.4, 0.5) is 10.6 Å². The molecule has 0 aromatic carbocycles. The number of pyridine rings is 1. The molecule has 6 nitrogen and oxygen atoms in total. The number of piperazine rings is 1. The van der Waals surface area contributed by atoms with Crippen LogP contribution in [-0.2, 0) is 4.74 Å².